The van der Waals surface area contributed by atoms with E-state index in [-0.39, 0.29) is 0 Å². The molecule has 0 aromatic carbocycles. The van der Waals surface area contributed by atoms with Crippen LogP contribution in [0.1, 0.15) is 36.3 Å². The van der Waals surface area contributed by atoms with E-state index in [0.717, 1.165) is 35.7 Å². The van der Waals surface area contributed by atoms with Crippen molar-refractivity contribution >= 4 is 17.6 Å². The van der Waals surface area contributed by atoms with Gasteiger partial charge in [-0.3, -0.25) is 0 Å². The summed E-state index contributed by atoms with van der Waals surface area (Å²) in [6, 6.07) is 0. The van der Waals surface area contributed by atoms with Gasteiger partial charge >= 0.3 is 0 Å². The second-order valence-corrected chi connectivity index (χ2v) is 6.24. The molecule has 1 aromatic rings. The summed E-state index contributed by atoms with van der Waals surface area (Å²) in [5, 5.41) is 0.738. The van der Waals surface area contributed by atoms with Crippen LogP contribution >= 0.6 is 11.8 Å². The molecule has 100 valence electrons. The molecule has 2 heterocycles. The molecule has 0 aliphatic carbocycles. The first-order valence-electron chi connectivity index (χ1n) is 6.71. The Hall–Kier alpha value is -0.770. The minimum Gasteiger partial charge on any atom is -0.355 e. The van der Waals surface area contributed by atoms with Crippen LogP contribution in [0.2, 0.25) is 0 Å². The van der Waals surface area contributed by atoms with Gasteiger partial charge in [0.05, 0.1) is 0 Å². The Bertz CT molecular complexity index is 420. The maximum atomic E-state index is 4.67. The molecule has 0 amide bonds. The smallest absolute Gasteiger partial charge is 0.135 e. The lowest BCUT2D eigenvalue weighted by molar-refractivity contribution is 0.736. The summed E-state index contributed by atoms with van der Waals surface area (Å²) in [5.74, 6) is 2.04. The molecule has 0 N–H and O–H groups in total. The molecule has 18 heavy (non-hydrogen) atoms. The lowest BCUT2D eigenvalue weighted by atomic mass is 10.2. The lowest BCUT2D eigenvalue weighted by Gasteiger charge is -2.26. The van der Waals surface area contributed by atoms with Gasteiger partial charge in [-0.15, -0.1) is 0 Å². The number of nitrogens with zero attached hydrogens (tertiary/aromatic N) is 3. The van der Waals surface area contributed by atoms with Crippen LogP contribution in [0.25, 0.3) is 0 Å². The molecule has 2 rings (SSSR count). The van der Waals surface area contributed by atoms with Crippen molar-refractivity contribution in [1.82, 2.24) is 9.97 Å². The Labute approximate surface area is 114 Å². The largest absolute Gasteiger partial charge is 0.355 e. The predicted molar refractivity (Wildman–Crippen MR) is 79.6 cm³/mol. The number of thioether (sulfide) groups is 1. The minimum atomic E-state index is 0.738. The van der Waals surface area contributed by atoms with E-state index in [2.05, 4.69) is 35.0 Å². The zero-order valence-corrected chi connectivity index (χ0v) is 12.7. The van der Waals surface area contributed by atoms with Gasteiger partial charge in [0.15, 0.2) is 0 Å². The molecule has 1 aliphatic rings. The van der Waals surface area contributed by atoms with Crippen molar-refractivity contribution in [3.8, 4) is 0 Å². The summed E-state index contributed by atoms with van der Waals surface area (Å²) in [4.78, 5) is 11.6. The van der Waals surface area contributed by atoms with Gasteiger partial charge in [-0.05, 0) is 39.9 Å². The SMILES string of the molecule is CSC1CCCCN(c2nc(C)nc(C)c2C)C1. The average Bonchev–Trinajstić information content (AvgIpc) is 2.59. The first-order chi connectivity index (χ1) is 8.61. The average molecular weight is 265 g/mol. The normalized spacial score (nSPS) is 20.9. The molecule has 0 spiro atoms. The third-order valence-corrected chi connectivity index (χ3v) is 4.79. The van der Waals surface area contributed by atoms with E-state index >= 15 is 0 Å². The van der Waals surface area contributed by atoms with E-state index in [9.17, 15) is 0 Å². The highest BCUT2D eigenvalue weighted by Gasteiger charge is 2.20. The molecule has 0 bridgehead atoms. The summed E-state index contributed by atoms with van der Waals surface area (Å²) in [6.45, 7) is 8.46. The van der Waals surface area contributed by atoms with Crippen molar-refractivity contribution in [2.45, 2.75) is 45.3 Å². The number of hydrogen-bond acceptors (Lipinski definition) is 4. The summed E-state index contributed by atoms with van der Waals surface area (Å²) < 4.78 is 0. The molecule has 1 atom stereocenters. The highest BCUT2D eigenvalue weighted by molar-refractivity contribution is 7.99. The number of aromatic nitrogens is 2. The lowest BCUT2D eigenvalue weighted by Crippen LogP contribution is -2.31. The first kappa shape index (κ1) is 13.7. The molecule has 3 nitrogen and oxygen atoms in total. The Morgan fingerprint density at radius 3 is 2.67 bits per heavy atom. The topological polar surface area (TPSA) is 29.0 Å². The van der Waals surface area contributed by atoms with E-state index in [1.165, 1.54) is 24.8 Å². The fraction of sp³-hybridized carbons (Fsp3) is 0.714. The molecule has 0 radical (unpaired) electrons. The van der Waals surface area contributed by atoms with E-state index in [1.807, 2.05) is 18.7 Å². The second kappa shape index (κ2) is 5.91. The van der Waals surface area contributed by atoms with Crippen molar-refractivity contribution < 1.29 is 0 Å². The highest BCUT2D eigenvalue weighted by Crippen LogP contribution is 2.26. The van der Waals surface area contributed by atoms with Crippen molar-refractivity contribution in [2.75, 3.05) is 24.2 Å². The van der Waals surface area contributed by atoms with Gasteiger partial charge in [-0.25, -0.2) is 9.97 Å². The van der Waals surface area contributed by atoms with Gasteiger partial charge < -0.3 is 4.90 Å². The Morgan fingerprint density at radius 1 is 1.17 bits per heavy atom. The van der Waals surface area contributed by atoms with Crippen LogP contribution < -0.4 is 4.90 Å². The number of hydrogen-bond donors (Lipinski definition) is 0. The summed E-state index contributed by atoms with van der Waals surface area (Å²) in [5.41, 5.74) is 2.35. The van der Waals surface area contributed by atoms with Crippen LogP contribution in [-0.4, -0.2) is 34.6 Å². The van der Waals surface area contributed by atoms with Crippen LogP contribution in [0, 0.1) is 20.8 Å². The van der Waals surface area contributed by atoms with Gasteiger partial charge in [0.2, 0.25) is 0 Å². The summed E-state index contributed by atoms with van der Waals surface area (Å²) >= 11 is 1.99. The van der Waals surface area contributed by atoms with Gasteiger partial charge in [0, 0.05) is 29.6 Å². The molecular formula is C14H23N3S. The molecule has 1 unspecified atom stereocenters. The standard InChI is InChI=1S/C14H23N3S/c1-10-11(2)15-12(3)16-14(10)17-8-6-5-7-13(9-17)18-4/h13H,5-9H2,1-4H3. The molecule has 4 heteroatoms. The number of anilines is 1. The zero-order chi connectivity index (χ0) is 13.1. The fourth-order valence-electron chi connectivity index (χ4n) is 2.55. The molecule has 1 aromatic heterocycles. The van der Waals surface area contributed by atoms with Crippen molar-refractivity contribution in [2.24, 2.45) is 0 Å². The third kappa shape index (κ3) is 2.97. The molecule has 1 saturated heterocycles. The monoisotopic (exact) mass is 265 g/mol. The molecular weight excluding hydrogens is 242 g/mol. The quantitative estimate of drug-likeness (QED) is 0.821. The van der Waals surface area contributed by atoms with Gasteiger partial charge in [0.1, 0.15) is 11.6 Å². The molecule has 1 aliphatic heterocycles. The Balaban J connectivity index is 2.29. The van der Waals surface area contributed by atoms with Crippen LogP contribution in [0.15, 0.2) is 0 Å². The third-order valence-electron chi connectivity index (χ3n) is 3.74. The fourth-order valence-corrected chi connectivity index (χ4v) is 3.28. The van der Waals surface area contributed by atoms with E-state index in [1.54, 1.807) is 0 Å². The highest BCUT2D eigenvalue weighted by atomic mass is 32.2. The van der Waals surface area contributed by atoms with Crippen molar-refractivity contribution in [3.05, 3.63) is 17.1 Å². The van der Waals surface area contributed by atoms with Gasteiger partial charge in [-0.2, -0.15) is 11.8 Å². The molecule has 0 saturated carbocycles. The van der Waals surface area contributed by atoms with Crippen LogP contribution in [0.5, 0.6) is 0 Å². The second-order valence-electron chi connectivity index (χ2n) is 5.10. The van der Waals surface area contributed by atoms with Crippen LogP contribution in [0.4, 0.5) is 5.82 Å². The van der Waals surface area contributed by atoms with E-state index in [0.29, 0.717) is 0 Å². The van der Waals surface area contributed by atoms with E-state index in [4.69, 9.17) is 0 Å². The van der Waals surface area contributed by atoms with Crippen LogP contribution in [0.3, 0.4) is 0 Å². The Morgan fingerprint density at radius 2 is 1.94 bits per heavy atom. The zero-order valence-electron chi connectivity index (χ0n) is 11.9. The number of rotatable bonds is 2. The van der Waals surface area contributed by atoms with Crippen LogP contribution in [-0.2, 0) is 0 Å². The maximum absolute atomic E-state index is 4.67. The minimum absolute atomic E-state index is 0.738. The summed E-state index contributed by atoms with van der Waals surface area (Å²) in [6.07, 6.45) is 6.17. The van der Waals surface area contributed by atoms with E-state index < -0.39 is 0 Å². The van der Waals surface area contributed by atoms with Gasteiger partial charge in [0.25, 0.3) is 0 Å². The number of aryl methyl sites for hydroxylation is 2. The molecule has 1 fully saturated rings. The summed E-state index contributed by atoms with van der Waals surface area (Å²) in [7, 11) is 0. The Kier molecular flexibility index (Phi) is 4.49. The van der Waals surface area contributed by atoms with Crippen molar-refractivity contribution in [3.63, 3.8) is 0 Å². The first-order valence-corrected chi connectivity index (χ1v) is 8.00. The predicted octanol–water partition coefficient (Wildman–Crippen LogP) is 3.12. The van der Waals surface area contributed by atoms with Crippen molar-refractivity contribution in [1.29, 1.82) is 0 Å². The maximum Gasteiger partial charge on any atom is 0.135 e. The van der Waals surface area contributed by atoms with Gasteiger partial charge in [-0.1, -0.05) is 6.42 Å².